The van der Waals surface area contributed by atoms with Gasteiger partial charge in [-0.2, -0.15) is 0 Å². The van der Waals surface area contributed by atoms with E-state index in [9.17, 15) is 4.79 Å². The maximum absolute atomic E-state index is 9.29. The summed E-state index contributed by atoms with van der Waals surface area (Å²) in [5, 5.41) is 0. The summed E-state index contributed by atoms with van der Waals surface area (Å²) in [4.78, 5) is 9.29. The highest BCUT2D eigenvalue weighted by molar-refractivity contribution is 5.40. The van der Waals surface area contributed by atoms with Crippen LogP contribution in [0.4, 0.5) is 0 Å². The first-order valence-electron chi connectivity index (χ1n) is 1.46. The summed E-state index contributed by atoms with van der Waals surface area (Å²) < 4.78 is 3.89. The zero-order chi connectivity index (χ0) is 5.54. The Morgan fingerprint density at radius 1 is 1.71 bits per heavy atom. The third-order valence-corrected chi connectivity index (χ3v) is 0.230. The molecule has 0 aliphatic heterocycles. The molecule has 0 aromatic carbocycles. The average Bonchev–Trinajstić information content (AvgIpc) is 1.69. The Bertz CT molecular complexity index is 142. The molecule has 7 heavy (non-hydrogen) atoms. The van der Waals surface area contributed by atoms with Crippen LogP contribution in [0.5, 0.6) is 0 Å². The molecule has 0 saturated heterocycles. The molecule has 0 heterocycles. The van der Waals surface area contributed by atoms with Crippen molar-refractivity contribution < 1.29 is 9.53 Å². The number of hydrogen-bond donors (Lipinski definition) is 0. The van der Waals surface area contributed by atoms with Gasteiger partial charge in [-0.1, -0.05) is 0 Å². The predicted octanol–water partition coefficient (Wildman–Crippen LogP) is -0.246. The van der Waals surface area contributed by atoms with Gasteiger partial charge in [-0.25, -0.2) is 0 Å². The third-order valence-electron chi connectivity index (χ3n) is 0.230. The lowest BCUT2D eigenvalue weighted by molar-refractivity contribution is -0.122. The van der Waals surface area contributed by atoms with Gasteiger partial charge < -0.3 is 4.74 Å². The summed E-state index contributed by atoms with van der Waals surface area (Å²) in [6.07, 6.45) is 6.58. The maximum atomic E-state index is 9.29. The second kappa shape index (κ2) is 4.59. The number of hydrogen-bond acceptors (Lipinski definition) is 2. The molecule has 0 spiro atoms. The Morgan fingerprint density at radius 3 is 2.86 bits per heavy atom. The van der Waals surface area contributed by atoms with E-state index in [-0.39, 0.29) is 6.47 Å². The maximum Gasteiger partial charge on any atom is 0.307 e. The number of rotatable bonds is 1. The van der Waals surface area contributed by atoms with Gasteiger partial charge in [0.2, 0.25) is 0 Å². The minimum Gasteiger partial charge on any atom is -0.374 e. The second-order valence-corrected chi connectivity index (χ2v) is 0.585. The summed E-state index contributed by atoms with van der Waals surface area (Å²) in [6.45, 7) is 0.213. The molecule has 0 atom stereocenters. The first kappa shape index (κ1) is 5.59. The van der Waals surface area contributed by atoms with E-state index in [1.807, 2.05) is 12.0 Å². The van der Waals surface area contributed by atoms with E-state index in [1.165, 1.54) is 0 Å². The topological polar surface area (TPSA) is 26.3 Å². The van der Waals surface area contributed by atoms with E-state index in [4.69, 9.17) is 0 Å². The van der Waals surface area contributed by atoms with Gasteiger partial charge >= 0.3 is 6.47 Å². The van der Waals surface area contributed by atoms with Crippen LogP contribution in [0.15, 0.2) is 0 Å². The Morgan fingerprint density at radius 2 is 2.43 bits per heavy atom. The summed E-state index contributed by atoms with van der Waals surface area (Å²) in [6, 6.07) is 0. The van der Waals surface area contributed by atoms with Crippen LogP contribution in [0.3, 0.4) is 0 Å². The Kier molecular flexibility index (Phi) is 3.67. The van der Waals surface area contributed by atoms with Crippen molar-refractivity contribution in [2.75, 3.05) is 0 Å². The molecule has 34 valence electrons. The molecule has 0 aliphatic carbocycles. The van der Waals surface area contributed by atoms with Crippen LogP contribution in [0.25, 0.3) is 0 Å². The predicted molar refractivity (Wildman–Crippen MR) is 23.8 cm³/mol. The fourth-order valence-electron chi connectivity index (χ4n) is 0.0830. The molecule has 0 rings (SSSR count). The van der Waals surface area contributed by atoms with Gasteiger partial charge in [0.05, 0.1) is 0 Å². The van der Waals surface area contributed by atoms with Crippen LogP contribution in [-0.2, 0) is 9.53 Å². The molecule has 0 N–H and O–H groups in total. The lowest BCUT2D eigenvalue weighted by Crippen LogP contribution is -1.70. The standard InChI is InChI=1S/C5H2O2/c1-2-3-4-7-5-6/h1,5H. The molecule has 0 bridgehead atoms. The highest BCUT2D eigenvalue weighted by atomic mass is 16.5. The SMILES string of the molecule is C#CC#COC=O. The highest BCUT2D eigenvalue weighted by Gasteiger charge is 1.58. The van der Waals surface area contributed by atoms with Crippen molar-refractivity contribution in [1.82, 2.24) is 0 Å². The van der Waals surface area contributed by atoms with E-state index in [1.54, 1.807) is 0 Å². The van der Waals surface area contributed by atoms with E-state index >= 15 is 0 Å². The van der Waals surface area contributed by atoms with E-state index < -0.39 is 0 Å². The molecule has 2 nitrogen and oxygen atoms in total. The van der Waals surface area contributed by atoms with Crippen molar-refractivity contribution in [1.29, 1.82) is 0 Å². The zero-order valence-corrected chi connectivity index (χ0v) is 3.47. The van der Waals surface area contributed by atoms with Crippen LogP contribution >= 0.6 is 0 Å². The van der Waals surface area contributed by atoms with Crippen molar-refractivity contribution in [3.63, 3.8) is 0 Å². The van der Waals surface area contributed by atoms with Gasteiger partial charge in [0.15, 0.2) is 0 Å². The lowest BCUT2D eigenvalue weighted by atomic mass is 10.7. The Hall–Kier alpha value is -1.41. The van der Waals surface area contributed by atoms with Crippen LogP contribution in [0.1, 0.15) is 0 Å². The van der Waals surface area contributed by atoms with Crippen LogP contribution in [0, 0.1) is 24.4 Å². The molecule has 0 radical (unpaired) electrons. The Balaban J connectivity index is 3.30. The molecule has 0 unspecified atom stereocenters. The quantitative estimate of drug-likeness (QED) is 0.331. The van der Waals surface area contributed by atoms with Crippen molar-refractivity contribution in [3.05, 3.63) is 0 Å². The molecule has 0 fully saturated rings. The largest absolute Gasteiger partial charge is 0.374 e. The molecule has 0 aliphatic rings. The molecular weight excluding hydrogens is 92.1 g/mol. The molecule has 0 amide bonds. The minimum atomic E-state index is 0.213. The molecule has 0 saturated carbocycles. The fourth-order valence-corrected chi connectivity index (χ4v) is 0.0830. The average molecular weight is 94.1 g/mol. The van der Waals surface area contributed by atoms with Crippen LogP contribution < -0.4 is 0 Å². The fraction of sp³-hybridized carbons (Fsp3) is 0. The van der Waals surface area contributed by atoms with Gasteiger partial charge in [0, 0.05) is 5.92 Å². The van der Waals surface area contributed by atoms with Crippen molar-refractivity contribution in [2.24, 2.45) is 0 Å². The van der Waals surface area contributed by atoms with Gasteiger partial charge in [-0.15, -0.1) is 6.42 Å². The minimum absolute atomic E-state index is 0.213. The Labute approximate surface area is 41.5 Å². The number of terminal acetylenes is 1. The van der Waals surface area contributed by atoms with E-state index in [2.05, 4.69) is 17.1 Å². The van der Waals surface area contributed by atoms with Crippen LogP contribution in [-0.4, -0.2) is 6.47 Å². The summed E-state index contributed by atoms with van der Waals surface area (Å²) >= 11 is 0. The number of carbonyl (C=O) groups is 1. The second-order valence-electron chi connectivity index (χ2n) is 0.585. The van der Waals surface area contributed by atoms with Gasteiger partial charge in [0.25, 0.3) is 0 Å². The van der Waals surface area contributed by atoms with E-state index in [0.29, 0.717) is 0 Å². The molecular formula is C5H2O2. The first-order chi connectivity index (χ1) is 3.41. The smallest absolute Gasteiger partial charge is 0.307 e. The van der Waals surface area contributed by atoms with Crippen LogP contribution in [0.2, 0.25) is 0 Å². The van der Waals surface area contributed by atoms with Crippen molar-refractivity contribution >= 4 is 6.47 Å². The first-order valence-corrected chi connectivity index (χ1v) is 1.46. The summed E-state index contributed by atoms with van der Waals surface area (Å²) in [5.74, 6) is 4.03. The normalized spacial score (nSPS) is 4.43. The van der Waals surface area contributed by atoms with E-state index in [0.717, 1.165) is 0 Å². The van der Waals surface area contributed by atoms with Gasteiger partial charge in [-0.3, -0.25) is 4.79 Å². The number of carbonyl (C=O) groups excluding carboxylic acids is 1. The summed E-state index contributed by atoms with van der Waals surface area (Å²) in [5.41, 5.74) is 0. The molecule has 2 heteroatoms. The highest BCUT2D eigenvalue weighted by Crippen LogP contribution is 1.53. The van der Waals surface area contributed by atoms with Crippen molar-refractivity contribution in [2.45, 2.75) is 0 Å². The van der Waals surface area contributed by atoms with Gasteiger partial charge in [0.1, 0.15) is 6.11 Å². The number of ether oxygens (including phenoxy) is 1. The zero-order valence-electron chi connectivity index (χ0n) is 3.47. The van der Waals surface area contributed by atoms with Gasteiger partial charge in [-0.05, 0) is 5.92 Å². The summed E-state index contributed by atoms with van der Waals surface area (Å²) in [7, 11) is 0. The third kappa shape index (κ3) is 4.59. The lowest BCUT2D eigenvalue weighted by Gasteiger charge is -1.67. The monoisotopic (exact) mass is 94.0 g/mol. The molecule has 0 aromatic rings. The van der Waals surface area contributed by atoms with Crippen molar-refractivity contribution in [3.8, 4) is 24.4 Å². The molecule has 0 aromatic heterocycles.